The van der Waals surface area contributed by atoms with Crippen LogP contribution in [0.5, 0.6) is 5.75 Å². The van der Waals surface area contributed by atoms with Crippen LogP contribution in [-0.4, -0.2) is 6.61 Å². The third-order valence-electron chi connectivity index (χ3n) is 2.13. The summed E-state index contributed by atoms with van der Waals surface area (Å²) in [6.45, 7) is 2.81. The second kappa shape index (κ2) is 4.48. The molecule has 0 aromatic heterocycles. The van der Waals surface area contributed by atoms with Crippen molar-refractivity contribution in [1.29, 1.82) is 5.26 Å². The molecule has 1 rings (SSSR count). The third kappa shape index (κ3) is 2.93. The molecule has 0 aliphatic rings. The van der Waals surface area contributed by atoms with Crippen LogP contribution in [0.4, 0.5) is 8.78 Å². The van der Waals surface area contributed by atoms with E-state index in [1.54, 1.807) is 12.1 Å². The average Bonchev–Trinajstić information content (AvgIpc) is 2.14. The van der Waals surface area contributed by atoms with Crippen molar-refractivity contribution in [2.75, 3.05) is 0 Å². The molecule has 0 aliphatic heterocycles. The Kier molecular flexibility index (Phi) is 3.48. The maximum Gasteiger partial charge on any atom is 0.387 e. The molecule has 0 radical (unpaired) electrons. The maximum absolute atomic E-state index is 12.2. The van der Waals surface area contributed by atoms with Crippen LogP contribution in [-0.2, 0) is 5.41 Å². The van der Waals surface area contributed by atoms with Gasteiger partial charge in [-0.2, -0.15) is 14.0 Å². The summed E-state index contributed by atoms with van der Waals surface area (Å²) in [6, 6.07) is 6.48. The molecule has 16 heavy (non-hydrogen) atoms. The molecule has 2 nitrogen and oxygen atoms in total. The molecule has 0 aliphatic carbocycles. The van der Waals surface area contributed by atoms with Crippen LogP contribution in [0.1, 0.15) is 31.9 Å². The van der Waals surface area contributed by atoms with E-state index < -0.39 is 6.61 Å². The summed E-state index contributed by atoms with van der Waals surface area (Å²) >= 11 is 0. The van der Waals surface area contributed by atoms with Crippen molar-refractivity contribution in [3.63, 3.8) is 0 Å². The quantitative estimate of drug-likeness (QED) is 0.772. The lowest BCUT2D eigenvalue weighted by atomic mass is 9.86. The molecule has 0 heterocycles. The zero-order chi connectivity index (χ0) is 12.3. The van der Waals surface area contributed by atoms with Crippen LogP contribution in [0.25, 0.3) is 0 Å². The standard InChI is InChI=1S/C12H13F2NO/c1-12(2,3)9-5-4-8(7-15)6-10(9)16-11(13)14/h4-6,11H,1-3H3. The highest BCUT2D eigenvalue weighted by Gasteiger charge is 2.21. The highest BCUT2D eigenvalue weighted by Crippen LogP contribution is 2.32. The predicted octanol–water partition coefficient (Wildman–Crippen LogP) is 3.46. The number of hydrogen-bond acceptors (Lipinski definition) is 2. The smallest absolute Gasteiger partial charge is 0.387 e. The summed E-state index contributed by atoms with van der Waals surface area (Å²) in [5, 5.41) is 8.70. The van der Waals surface area contributed by atoms with Crippen LogP contribution >= 0.6 is 0 Å². The summed E-state index contributed by atoms with van der Waals surface area (Å²) in [4.78, 5) is 0. The largest absolute Gasteiger partial charge is 0.434 e. The van der Waals surface area contributed by atoms with E-state index >= 15 is 0 Å². The summed E-state index contributed by atoms with van der Waals surface area (Å²) < 4.78 is 28.9. The van der Waals surface area contributed by atoms with Gasteiger partial charge in [-0.25, -0.2) is 0 Å². The summed E-state index contributed by atoms with van der Waals surface area (Å²) in [5.41, 5.74) is 0.661. The van der Waals surface area contributed by atoms with Crippen LogP contribution in [0, 0.1) is 11.3 Å². The minimum absolute atomic E-state index is 0.0709. The minimum Gasteiger partial charge on any atom is -0.434 e. The Morgan fingerprint density at radius 3 is 2.38 bits per heavy atom. The van der Waals surface area contributed by atoms with Crippen molar-refractivity contribution in [2.45, 2.75) is 32.8 Å². The van der Waals surface area contributed by atoms with Crippen molar-refractivity contribution in [1.82, 2.24) is 0 Å². The molecule has 1 aromatic carbocycles. The van der Waals surface area contributed by atoms with Gasteiger partial charge in [0.05, 0.1) is 11.6 Å². The molecule has 0 spiro atoms. The van der Waals surface area contributed by atoms with Gasteiger partial charge < -0.3 is 4.74 Å². The lowest BCUT2D eigenvalue weighted by molar-refractivity contribution is -0.0508. The van der Waals surface area contributed by atoms with Gasteiger partial charge >= 0.3 is 6.61 Å². The fourth-order valence-corrected chi connectivity index (χ4v) is 1.40. The molecule has 86 valence electrons. The van der Waals surface area contributed by atoms with Crippen LogP contribution in [0.3, 0.4) is 0 Å². The van der Waals surface area contributed by atoms with E-state index in [1.807, 2.05) is 26.8 Å². The monoisotopic (exact) mass is 225 g/mol. The Morgan fingerprint density at radius 2 is 1.94 bits per heavy atom. The number of alkyl halides is 2. The fraction of sp³-hybridized carbons (Fsp3) is 0.417. The lowest BCUT2D eigenvalue weighted by Crippen LogP contribution is -2.15. The zero-order valence-corrected chi connectivity index (χ0v) is 9.42. The molecule has 0 amide bonds. The van der Waals surface area contributed by atoms with Gasteiger partial charge in [0, 0.05) is 0 Å². The second-order valence-corrected chi connectivity index (χ2v) is 4.45. The summed E-state index contributed by atoms with van der Waals surface area (Å²) in [5.74, 6) is 0.0709. The lowest BCUT2D eigenvalue weighted by Gasteiger charge is -2.22. The van der Waals surface area contributed by atoms with Crippen molar-refractivity contribution < 1.29 is 13.5 Å². The Labute approximate surface area is 93.5 Å². The molecular formula is C12H13F2NO. The van der Waals surface area contributed by atoms with Gasteiger partial charge in [-0.15, -0.1) is 0 Å². The zero-order valence-electron chi connectivity index (χ0n) is 9.42. The van der Waals surface area contributed by atoms with Crippen molar-refractivity contribution in [3.05, 3.63) is 29.3 Å². The first-order chi connectivity index (χ1) is 7.34. The van der Waals surface area contributed by atoms with E-state index in [1.165, 1.54) is 6.07 Å². The molecule has 0 atom stereocenters. The van der Waals surface area contributed by atoms with Crippen molar-refractivity contribution >= 4 is 0 Å². The molecular weight excluding hydrogens is 212 g/mol. The van der Waals surface area contributed by atoms with Gasteiger partial charge in [0.1, 0.15) is 5.75 Å². The molecule has 0 saturated heterocycles. The maximum atomic E-state index is 12.2. The van der Waals surface area contributed by atoms with E-state index in [0.717, 1.165) is 0 Å². The average molecular weight is 225 g/mol. The third-order valence-corrected chi connectivity index (χ3v) is 2.13. The first-order valence-corrected chi connectivity index (χ1v) is 4.84. The Balaban J connectivity index is 3.23. The predicted molar refractivity (Wildman–Crippen MR) is 56.5 cm³/mol. The number of benzene rings is 1. The normalized spacial score (nSPS) is 11.3. The summed E-state index contributed by atoms with van der Waals surface area (Å²) in [7, 11) is 0. The van der Waals surface area contributed by atoms with Gasteiger partial charge in [0.25, 0.3) is 0 Å². The van der Waals surface area contributed by atoms with Crippen molar-refractivity contribution in [3.8, 4) is 11.8 Å². The number of hydrogen-bond donors (Lipinski definition) is 0. The highest BCUT2D eigenvalue weighted by atomic mass is 19.3. The van der Waals surface area contributed by atoms with Gasteiger partial charge in [-0.1, -0.05) is 26.8 Å². The number of rotatable bonds is 2. The SMILES string of the molecule is CC(C)(C)c1ccc(C#N)cc1OC(F)F. The van der Waals surface area contributed by atoms with Gasteiger partial charge in [0.2, 0.25) is 0 Å². The highest BCUT2D eigenvalue weighted by molar-refractivity contribution is 5.45. The Morgan fingerprint density at radius 1 is 1.31 bits per heavy atom. The topological polar surface area (TPSA) is 33.0 Å². The first kappa shape index (κ1) is 12.4. The second-order valence-electron chi connectivity index (χ2n) is 4.45. The van der Waals surface area contributed by atoms with Crippen LogP contribution < -0.4 is 4.74 Å². The van der Waals surface area contributed by atoms with Crippen LogP contribution in [0.2, 0.25) is 0 Å². The fourth-order valence-electron chi connectivity index (χ4n) is 1.40. The number of ether oxygens (including phenoxy) is 1. The van der Waals surface area contributed by atoms with Crippen LogP contribution in [0.15, 0.2) is 18.2 Å². The molecule has 1 aromatic rings. The number of nitrogens with zero attached hydrogens (tertiary/aromatic N) is 1. The molecule has 0 bridgehead atoms. The molecule has 0 saturated carbocycles. The Hall–Kier alpha value is -1.63. The number of nitriles is 1. The van der Waals surface area contributed by atoms with E-state index in [0.29, 0.717) is 11.1 Å². The van der Waals surface area contributed by atoms with Gasteiger partial charge in [0.15, 0.2) is 0 Å². The minimum atomic E-state index is -2.88. The molecule has 0 fully saturated rings. The van der Waals surface area contributed by atoms with E-state index in [-0.39, 0.29) is 11.2 Å². The van der Waals surface area contributed by atoms with E-state index in [2.05, 4.69) is 4.74 Å². The first-order valence-electron chi connectivity index (χ1n) is 4.84. The summed E-state index contributed by atoms with van der Waals surface area (Å²) in [6.07, 6.45) is 0. The van der Waals surface area contributed by atoms with Gasteiger partial charge in [-0.3, -0.25) is 0 Å². The van der Waals surface area contributed by atoms with Crippen molar-refractivity contribution in [2.24, 2.45) is 0 Å². The molecule has 4 heteroatoms. The molecule has 0 N–H and O–H groups in total. The number of halogens is 2. The molecule has 0 unspecified atom stereocenters. The van der Waals surface area contributed by atoms with E-state index in [4.69, 9.17) is 5.26 Å². The van der Waals surface area contributed by atoms with Gasteiger partial charge in [-0.05, 0) is 23.1 Å². The van der Waals surface area contributed by atoms with E-state index in [9.17, 15) is 8.78 Å². The Bertz CT molecular complexity index is 416.